The molecule has 0 saturated heterocycles. The Balaban J connectivity index is 3.27. The molecule has 1 unspecified atom stereocenters. The van der Waals surface area contributed by atoms with Gasteiger partial charge in [0.05, 0.1) is 0 Å². The first kappa shape index (κ1) is 11.2. The highest BCUT2D eigenvalue weighted by Gasteiger charge is 2.21. The molecule has 0 spiro atoms. The number of hydrogen-bond acceptors (Lipinski definition) is 4. The molecule has 0 aromatic carbocycles. The first-order chi connectivity index (χ1) is 6.37. The van der Waals surface area contributed by atoms with Crippen LogP contribution in [0.4, 0.5) is 0 Å². The molecule has 1 aromatic heterocycles. The van der Waals surface area contributed by atoms with E-state index in [1.54, 1.807) is 0 Å². The molecule has 0 radical (unpaired) electrons. The molecule has 1 rings (SSSR count). The average Bonchev–Trinajstić information content (AvgIpc) is 2.51. The normalized spacial score (nSPS) is 14.6. The molecule has 1 aromatic rings. The zero-order valence-electron chi connectivity index (χ0n) is 8.25. The van der Waals surface area contributed by atoms with Gasteiger partial charge in [0.1, 0.15) is 6.10 Å². The molecule has 1 N–H and O–H groups in total. The van der Waals surface area contributed by atoms with Crippen molar-refractivity contribution in [2.24, 2.45) is 0 Å². The van der Waals surface area contributed by atoms with E-state index < -0.39 is 16.3 Å². The summed E-state index contributed by atoms with van der Waals surface area (Å²) in [7, 11) is -0.746. The van der Waals surface area contributed by atoms with E-state index in [1.807, 2.05) is 0 Å². The van der Waals surface area contributed by atoms with Gasteiger partial charge in [0, 0.05) is 26.5 Å². The maximum Gasteiger partial charge on any atom is 0.308 e. The lowest BCUT2D eigenvalue weighted by atomic mass is 10.4. The van der Waals surface area contributed by atoms with Crippen LogP contribution >= 0.6 is 0 Å². The first-order valence-corrected chi connectivity index (χ1v) is 5.41. The summed E-state index contributed by atoms with van der Waals surface area (Å²) < 4.78 is 25.3. The monoisotopic (exact) mass is 219 g/mol. The minimum atomic E-state index is -3.58. The second-order valence-electron chi connectivity index (χ2n) is 3.05. The number of aromatic nitrogens is 2. The van der Waals surface area contributed by atoms with Crippen LogP contribution < -0.4 is 0 Å². The summed E-state index contributed by atoms with van der Waals surface area (Å²) in [5.41, 5.74) is 0. The van der Waals surface area contributed by atoms with E-state index in [9.17, 15) is 13.5 Å². The molecule has 0 aliphatic rings. The van der Waals surface area contributed by atoms with Gasteiger partial charge in [0.15, 0.2) is 5.82 Å². The predicted octanol–water partition coefficient (Wildman–Crippen LogP) is -0.409. The van der Waals surface area contributed by atoms with E-state index in [4.69, 9.17) is 0 Å². The summed E-state index contributed by atoms with van der Waals surface area (Å²) in [6.45, 7) is 1.46. The summed E-state index contributed by atoms with van der Waals surface area (Å²) >= 11 is 0. The number of hydrogen-bond donors (Lipinski definition) is 1. The summed E-state index contributed by atoms with van der Waals surface area (Å²) in [6.07, 6.45) is 1.72. The van der Waals surface area contributed by atoms with Gasteiger partial charge in [-0.05, 0) is 6.92 Å². The van der Waals surface area contributed by atoms with Crippen molar-refractivity contribution < 1.29 is 13.5 Å². The van der Waals surface area contributed by atoms with Crippen LogP contribution in [0.15, 0.2) is 12.4 Å². The second kappa shape index (κ2) is 3.68. The predicted molar refractivity (Wildman–Crippen MR) is 50.9 cm³/mol. The van der Waals surface area contributed by atoms with Crippen molar-refractivity contribution >= 4 is 10.2 Å². The Bertz CT molecular complexity index is 408. The number of rotatable bonds is 3. The van der Waals surface area contributed by atoms with Gasteiger partial charge in [-0.25, -0.2) is 8.96 Å². The van der Waals surface area contributed by atoms with E-state index in [0.717, 1.165) is 8.28 Å². The fourth-order valence-corrected chi connectivity index (χ4v) is 1.96. The fraction of sp³-hybridized carbons (Fsp3) is 0.571. The maximum absolute atomic E-state index is 11.7. The van der Waals surface area contributed by atoms with Crippen molar-refractivity contribution in [2.75, 3.05) is 14.1 Å². The first-order valence-electron chi connectivity index (χ1n) is 4.01. The zero-order chi connectivity index (χ0) is 10.9. The van der Waals surface area contributed by atoms with Crippen molar-refractivity contribution in [1.29, 1.82) is 0 Å². The van der Waals surface area contributed by atoms with Crippen molar-refractivity contribution in [1.82, 2.24) is 13.3 Å². The van der Waals surface area contributed by atoms with Crippen molar-refractivity contribution in [3.63, 3.8) is 0 Å². The molecule has 0 bridgehead atoms. The van der Waals surface area contributed by atoms with E-state index in [0.29, 0.717) is 0 Å². The SMILES string of the molecule is CC(O)c1nccn1S(=O)(=O)N(C)C. The van der Waals surface area contributed by atoms with Gasteiger partial charge in [-0.3, -0.25) is 0 Å². The topological polar surface area (TPSA) is 75.4 Å². The van der Waals surface area contributed by atoms with Crippen molar-refractivity contribution in [2.45, 2.75) is 13.0 Å². The van der Waals surface area contributed by atoms with E-state index in [2.05, 4.69) is 4.98 Å². The summed E-state index contributed by atoms with van der Waals surface area (Å²) in [4.78, 5) is 3.77. The smallest absolute Gasteiger partial charge is 0.308 e. The van der Waals surface area contributed by atoms with E-state index in [1.165, 1.54) is 33.4 Å². The molecule has 0 amide bonds. The summed E-state index contributed by atoms with van der Waals surface area (Å²) in [5, 5.41) is 9.27. The van der Waals surface area contributed by atoms with Gasteiger partial charge in [-0.2, -0.15) is 12.7 Å². The zero-order valence-corrected chi connectivity index (χ0v) is 9.06. The van der Waals surface area contributed by atoms with Crippen LogP contribution in [-0.4, -0.2) is 40.9 Å². The van der Waals surface area contributed by atoms with Crippen LogP contribution in [-0.2, 0) is 10.2 Å². The lowest BCUT2D eigenvalue weighted by Gasteiger charge is -2.15. The molecular formula is C7H13N3O3S. The standard InChI is InChI=1S/C7H13N3O3S/c1-6(11)7-8-4-5-10(7)14(12,13)9(2)3/h4-6,11H,1-3H3. The molecule has 6 nitrogen and oxygen atoms in total. The van der Waals surface area contributed by atoms with Crippen LogP contribution in [0.5, 0.6) is 0 Å². The lowest BCUT2D eigenvalue weighted by Crippen LogP contribution is -2.30. The van der Waals surface area contributed by atoms with Crippen LogP contribution in [0.25, 0.3) is 0 Å². The quantitative estimate of drug-likeness (QED) is 0.750. The molecule has 14 heavy (non-hydrogen) atoms. The highest BCUT2D eigenvalue weighted by molar-refractivity contribution is 7.87. The van der Waals surface area contributed by atoms with E-state index >= 15 is 0 Å². The van der Waals surface area contributed by atoms with E-state index in [-0.39, 0.29) is 5.82 Å². The molecule has 1 heterocycles. The third-order valence-corrected chi connectivity index (χ3v) is 3.45. The molecule has 0 fully saturated rings. The Kier molecular flexibility index (Phi) is 2.93. The number of nitrogens with zero attached hydrogens (tertiary/aromatic N) is 3. The third kappa shape index (κ3) is 1.79. The number of aliphatic hydroxyl groups excluding tert-OH is 1. The molecular weight excluding hydrogens is 206 g/mol. The van der Waals surface area contributed by atoms with Gasteiger partial charge in [0.2, 0.25) is 0 Å². The molecule has 0 aliphatic heterocycles. The van der Waals surface area contributed by atoms with Crippen LogP contribution in [0, 0.1) is 0 Å². The minimum Gasteiger partial charge on any atom is -0.385 e. The van der Waals surface area contributed by atoms with Gasteiger partial charge >= 0.3 is 10.2 Å². The summed E-state index contributed by atoms with van der Waals surface area (Å²) in [6, 6.07) is 0. The van der Waals surface area contributed by atoms with Gasteiger partial charge in [-0.1, -0.05) is 0 Å². The van der Waals surface area contributed by atoms with Crippen LogP contribution in [0.3, 0.4) is 0 Å². The van der Waals surface area contributed by atoms with Crippen LogP contribution in [0.1, 0.15) is 18.9 Å². The lowest BCUT2D eigenvalue weighted by molar-refractivity contribution is 0.188. The maximum atomic E-state index is 11.7. The molecule has 0 saturated carbocycles. The van der Waals surface area contributed by atoms with Gasteiger partial charge in [-0.15, -0.1) is 0 Å². The fourth-order valence-electron chi connectivity index (χ4n) is 0.967. The molecule has 80 valence electrons. The molecule has 7 heteroatoms. The number of imidazole rings is 1. The van der Waals surface area contributed by atoms with Gasteiger partial charge in [0.25, 0.3) is 0 Å². The Morgan fingerprint density at radius 3 is 2.57 bits per heavy atom. The van der Waals surface area contributed by atoms with Crippen molar-refractivity contribution in [3.8, 4) is 0 Å². The number of aliphatic hydroxyl groups is 1. The Hall–Kier alpha value is -0.920. The highest BCUT2D eigenvalue weighted by Crippen LogP contribution is 2.12. The Labute approximate surface area is 83.0 Å². The third-order valence-electron chi connectivity index (χ3n) is 1.72. The highest BCUT2D eigenvalue weighted by atomic mass is 32.2. The molecule has 1 atom stereocenters. The van der Waals surface area contributed by atoms with Crippen molar-refractivity contribution in [3.05, 3.63) is 18.2 Å². The average molecular weight is 219 g/mol. The largest absolute Gasteiger partial charge is 0.385 e. The van der Waals surface area contributed by atoms with Crippen LogP contribution in [0.2, 0.25) is 0 Å². The summed E-state index contributed by atoms with van der Waals surface area (Å²) in [5.74, 6) is 0.110. The Morgan fingerprint density at radius 1 is 1.57 bits per heavy atom. The van der Waals surface area contributed by atoms with Gasteiger partial charge < -0.3 is 5.11 Å². The minimum absolute atomic E-state index is 0.110. The Morgan fingerprint density at radius 2 is 2.14 bits per heavy atom. The second-order valence-corrected chi connectivity index (χ2v) is 5.07. The molecule has 0 aliphatic carbocycles.